The van der Waals surface area contributed by atoms with Crippen molar-refractivity contribution in [2.75, 3.05) is 41.0 Å². The molecular weight excluding hydrogens is 448 g/mol. The number of nitrogens with one attached hydrogen (secondary N) is 1. The van der Waals surface area contributed by atoms with Crippen molar-refractivity contribution in [1.29, 1.82) is 0 Å². The van der Waals surface area contributed by atoms with Crippen LogP contribution in [0.3, 0.4) is 0 Å². The van der Waals surface area contributed by atoms with E-state index in [1.165, 1.54) is 5.56 Å². The van der Waals surface area contributed by atoms with Crippen LogP contribution in [-0.2, 0) is 6.54 Å². The van der Waals surface area contributed by atoms with E-state index in [4.69, 9.17) is 14.2 Å². The van der Waals surface area contributed by atoms with Crippen LogP contribution in [0, 0.1) is 5.92 Å². The number of carbonyl (C=O) groups is 1. The van der Waals surface area contributed by atoms with E-state index in [1.807, 2.05) is 12.1 Å². The summed E-state index contributed by atoms with van der Waals surface area (Å²) in [6.07, 6.45) is 2.15. The molecule has 0 bridgehead atoms. The number of nitrogens with zero attached hydrogens (tertiary/aromatic N) is 1. The fraction of sp³-hybridized carbons (Fsp3) is 0.435. The molecule has 0 radical (unpaired) electrons. The van der Waals surface area contributed by atoms with Crippen LogP contribution in [0.2, 0.25) is 0 Å². The van der Waals surface area contributed by atoms with E-state index in [0.717, 1.165) is 38.2 Å². The number of benzene rings is 2. The molecule has 0 saturated carbocycles. The Morgan fingerprint density at radius 3 is 2.17 bits per heavy atom. The number of hydrogen-bond donors (Lipinski definition) is 1. The lowest BCUT2D eigenvalue weighted by Crippen LogP contribution is -2.38. The van der Waals surface area contributed by atoms with Crippen LogP contribution in [0.25, 0.3) is 0 Å². The van der Waals surface area contributed by atoms with E-state index in [0.29, 0.717) is 34.0 Å². The van der Waals surface area contributed by atoms with E-state index in [9.17, 15) is 4.79 Å². The second kappa shape index (κ2) is 10.7. The predicted octanol–water partition coefficient (Wildman–Crippen LogP) is 4.12. The molecule has 1 heterocycles. The molecule has 0 aliphatic carbocycles. The number of ether oxygens (including phenoxy) is 3. The summed E-state index contributed by atoms with van der Waals surface area (Å²) >= 11 is 3.43. The molecular formula is C23H29BrN2O4. The fourth-order valence-corrected chi connectivity index (χ4v) is 4.23. The molecule has 1 aliphatic rings. The topological polar surface area (TPSA) is 60.0 Å². The molecule has 2 aromatic carbocycles. The first kappa shape index (κ1) is 22.4. The summed E-state index contributed by atoms with van der Waals surface area (Å²) in [4.78, 5) is 15.1. The molecule has 1 aliphatic heterocycles. The van der Waals surface area contributed by atoms with Crippen molar-refractivity contribution in [1.82, 2.24) is 10.2 Å². The number of rotatable bonds is 8. The molecule has 3 rings (SSSR count). The minimum absolute atomic E-state index is 0.111. The number of halogens is 1. The van der Waals surface area contributed by atoms with Gasteiger partial charge < -0.3 is 19.5 Å². The summed E-state index contributed by atoms with van der Waals surface area (Å²) in [5.74, 6) is 2.41. The molecule has 162 valence electrons. The van der Waals surface area contributed by atoms with E-state index in [1.54, 1.807) is 33.5 Å². The molecule has 1 amide bonds. The quantitative estimate of drug-likeness (QED) is 0.620. The Hall–Kier alpha value is -2.25. The van der Waals surface area contributed by atoms with Crippen LogP contribution in [0.15, 0.2) is 40.9 Å². The predicted molar refractivity (Wildman–Crippen MR) is 121 cm³/mol. The Balaban J connectivity index is 1.48. The summed E-state index contributed by atoms with van der Waals surface area (Å²) in [6, 6.07) is 11.7. The van der Waals surface area contributed by atoms with Gasteiger partial charge in [-0.2, -0.15) is 0 Å². The second-order valence-electron chi connectivity index (χ2n) is 7.47. The molecule has 6 nitrogen and oxygen atoms in total. The summed E-state index contributed by atoms with van der Waals surface area (Å²) in [7, 11) is 4.82. The fourth-order valence-electron chi connectivity index (χ4n) is 3.68. The molecule has 1 fully saturated rings. The van der Waals surface area contributed by atoms with Crippen molar-refractivity contribution >= 4 is 21.8 Å². The highest BCUT2D eigenvalue weighted by molar-refractivity contribution is 9.10. The maximum absolute atomic E-state index is 12.6. The molecule has 0 spiro atoms. The van der Waals surface area contributed by atoms with Gasteiger partial charge in [-0.25, -0.2) is 0 Å². The van der Waals surface area contributed by atoms with Gasteiger partial charge in [0, 0.05) is 18.7 Å². The maximum atomic E-state index is 12.6. The van der Waals surface area contributed by atoms with Crippen molar-refractivity contribution < 1.29 is 19.0 Å². The standard InChI is InChI=1S/C23H29BrN2O4/c1-28-19-6-4-17(5-7-19)15-26-10-8-16(9-11-26)14-25-23(27)18-12-20(29-2)22(24)21(13-18)30-3/h4-7,12-13,16H,8-11,14-15H2,1-3H3,(H,25,27). The van der Waals surface area contributed by atoms with Gasteiger partial charge >= 0.3 is 0 Å². The third kappa shape index (κ3) is 5.67. The number of amides is 1. The van der Waals surface area contributed by atoms with E-state index in [-0.39, 0.29) is 5.91 Å². The number of likely N-dealkylation sites (tertiary alicyclic amines) is 1. The first-order chi connectivity index (χ1) is 14.5. The second-order valence-corrected chi connectivity index (χ2v) is 8.27. The van der Waals surface area contributed by atoms with Gasteiger partial charge in [0.05, 0.1) is 21.3 Å². The Labute approximate surface area is 186 Å². The van der Waals surface area contributed by atoms with Crippen LogP contribution in [0.5, 0.6) is 17.2 Å². The SMILES string of the molecule is COc1ccc(CN2CCC(CNC(=O)c3cc(OC)c(Br)c(OC)c3)CC2)cc1. The van der Waals surface area contributed by atoms with Gasteiger partial charge in [-0.15, -0.1) is 0 Å². The van der Waals surface area contributed by atoms with E-state index in [2.05, 4.69) is 38.3 Å². The minimum atomic E-state index is -0.111. The monoisotopic (exact) mass is 476 g/mol. The molecule has 0 atom stereocenters. The lowest BCUT2D eigenvalue weighted by atomic mass is 9.96. The summed E-state index contributed by atoms with van der Waals surface area (Å²) in [5, 5.41) is 3.07. The zero-order valence-electron chi connectivity index (χ0n) is 17.7. The highest BCUT2D eigenvalue weighted by Crippen LogP contribution is 2.35. The van der Waals surface area contributed by atoms with Crippen molar-refractivity contribution in [3.8, 4) is 17.2 Å². The Morgan fingerprint density at radius 1 is 1.03 bits per heavy atom. The summed E-state index contributed by atoms with van der Waals surface area (Å²) in [6.45, 7) is 3.69. The zero-order chi connectivity index (χ0) is 21.5. The summed E-state index contributed by atoms with van der Waals surface area (Å²) < 4.78 is 16.6. The number of piperidine rings is 1. The van der Waals surface area contributed by atoms with Gasteiger partial charge in [0.25, 0.3) is 5.91 Å². The largest absolute Gasteiger partial charge is 0.497 e. The Morgan fingerprint density at radius 2 is 1.63 bits per heavy atom. The molecule has 1 N–H and O–H groups in total. The average Bonchev–Trinajstić information content (AvgIpc) is 2.79. The first-order valence-electron chi connectivity index (χ1n) is 10.1. The van der Waals surface area contributed by atoms with Gasteiger partial charge in [0.2, 0.25) is 0 Å². The van der Waals surface area contributed by atoms with Crippen LogP contribution in [0.4, 0.5) is 0 Å². The van der Waals surface area contributed by atoms with Gasteiger partial charge in [-0.3, -0.25) is 9.69 Å². The van der Waals surface area contributed by atoms with Crippen LogP contribution in [0.1, 0.15) is 28.8 Å². The molecule has 1 saturated heterocycles. The van der Waals surface area contributed by atoms with Crippen LogP contribution >= 0.6 is 15.9 Å². The number of methoxy groups -OCH3 is 3. The number of carbonyl (C=O) groups excluding carboxylic acids is 1. The highest BCUT2D eigenvalue weighted by Gasteiger charge is 2.21. The van der Waals surface area contributed by atoms with E-state index < -0.39 is 0 Å². The van der Waals surface area contributed by atoms with Gasteiger partial charge in [0.15, 0.2) is 0 Å². The lowest BCUT2D eigenvalue weighted by Gasteiger charge is -2.32. The first-order valence-corrected chi connectivity index (χ1v) is 10.9. The third-order valence-corrected chi connectivity index (χ3v) is 6.31. The molecule has 7 heteroatoms. The van der Waals surface area contributed by atoms with Gasteiger partial charge in [0.1, 0.15) is 21.7 Å². The van der Waals surface area contributed by atoms with Crippen LogP contribution in [-0.4, -0.2) is 51.8 Å². The minimum Gasteiger partial charge on any atom is -0.497 e. The van der Waals surface area contributed by atoms with Crippen molar-refractivity contribution in [3.05, 3.63) is 52.0 Å². The van der Waals surface area contributed by atoms with E-state index >= 15 is 0 Å². The molecule has 0 aromatic heterocycles. The van der Waals surface area contributed by atoms with Crippen molar-refractivity contribution in [2.45, 2.75) is 19.4 Å². The van der Waals surface area contributed by atoms with Crippen molar-refractivity contribution in [3.63, 3.8) is 0 Å². The normalized spacial score (nSPS) is 14.9. The van der Waals surface area contributed by atoms with Gasteiger partial charge in [-0.1, -0.05) is 12.1 Å². The lowest BCUT2D eigenvalue weighted by molar-refractivity contribution is 0.0934. The van der Waals surface area contributed by atoms with Gasteiger partial charge in [-0.05, 0) is 77.6 Å². The van der Waals surface area contributed by atoms with Crippen LogP contribution < -0.4 is 19.5 Å². The third-order valence-electron chi connectivity index (χ3n) is 5.53. The smallest absolute Gasteiger partial charge is 0.251 e. The molecule has 0 unspecified atom stereocenters. The van der Waals surface area contributed by atoms with Crippen molar-refractivity contribution in [2.24, 2.45) is 5.92 Å². The maximum Gasteiger partial charge on any atom is 0.251 e. The zero-order valence-corrected chi connectivity index (χ0v) is 19.3. The number of hydrogen-bond acceptors (Lipinski definition) is 5. The average molecular weight is 477 g/mol. The Bertz CT molecular complexity index is 824. The highest BCUT2D eigenvalue weighted by atomic mass is 79.9. The summed E-state index contributed by atoms with van der Waals surface area (Å²) in [5.41, 5.74) is 1.82. The Kier molecular flexibility index (Phi) is 7.99. The molecule has 30 heavy (non-hydrogen) atoms. The molecule has 2 aromatic rings.